The summed E-state index contributed by atoms with van der Waals surface area (Å²) < 4.78 is 54.3. The Hall–Kier alpha value is -2.31. The molecule has 1 atom stereocenters. The molecule has 2 aromatic carbocycles. The summed E-state index contributed by atoms with van der Waals surface area (Å²) in [7, 11) is -4.06. The van der Waals surface area contributed by atoms with Crippen LogP contribution < -0.4 is 0 Å². The third-order valence-electron chi connectivity index (χ3n) is 3.70. The molecule has 1 aromatic heterocycles. The van der Waals surface area contributed by atoms with E-state index < -0.39 is 26.7 Å². The Bertz CT molecular complexity index is 993. The third kappa shape index (κ3) is 3.55. The largest absolute Gasteiger partial charge is 0.265 e. The van der Waals surface area contributed by atoms with Crippen LogP contribution in [0, 0.1) is 11.6 Å². The second-order valence-corrected chi connectivity index (χ2v) is 7.79. The molecule has 0 aliphatic rings. The molecule has 1 heterocycles. The number of rotatable bonds is 4. The number of aromatic nitrogens is 1. The van der Waals surface area contributed by atoms with Gasteiger partial charge in [-0.15, -0.1) is 0 Å². The normalized spacial score (nSPS) is 12.8. The van der Waals surface area contributed by atoms with Gasteiger partial charge in [-0.05, 0) is 60.2 Å². The van der Waals surface area contributed by atoms with Crippen molar-refractivity contribution in [1.29, 1.82) is 0 Å². The molecule has 0 amide bonds. The molecular weight excluding hydrogens is 368 g/mol. The van der Waals surface area contributed by atoms with Crippen molar-refractivity contribution < 1.29 is 17.2 Å². The summed E-state index contributed by atoms with van der Waals surface area (Å²) in [6.07, 6.45) is 2.80. The predicted octanol–water partition coefficient (Wildman–Crippen LogP) is 4.58. The van der Waals surface area contributed by atoms with Gasteiger partial charge in [-0.2, -0.15) is 0 Å². The first-order valence-corrected chi connectivity index (χ1v) is 9.16. The lowest BCUT2D eigenvalue weighted by Crippen LogP contribution is -2.17. The quantitative estimate of drug-likeness (QED) is 0.666. The average molecular weight is 380 g/mol. The standard InChI is InChI=1S/C18H12ClF2NO2S/c19-13-1-4-15(5-2-13)25(23,24)18(12-7-9-22-10-8-12)16-11-14(20)3-6-17(16)21/h1-11,18H. The maximum atomic E-state index is 14.3. The minimum atomic E-state index is -4.06. The van der Waals surface area contributed by atoms with Crippen molar-refractivity contribution in [2.75, 3.05) is 0 Å². The monoisotopic (exact) mass is 379 g/mol. The predicted molar refractivity (Wildman–Crippen MR) is 91.1 cm³/mol. The maximum absolute atomic E-state index is 14.3. The SMILES string of the molecule is O=S(=O)(c1ccc(Cl)cc1)C(c1ccncc1)c1cc(F)ccc1F. The highest BCUT2D eigenvalue weighted by Crippen LogP contribution is 2.36. The Kier molecular flexibility index (Phi) is 4.83. The fourth-order valence-electron chi connectivity index (χ4n) is 2.54. The summed E-state index contributed by atoms with van der Waals surface area (Å²) in [5.41, 5.74) is 0.0237. The van der Waals surface area contributed by atoms with E-state index in [2.05, 4.69) is 4.98 Å². The van der Waals surface area contributed by atoms with Crippen molar-refractivity contribution in [2.24, 2.45) is 0 Å². The van der Waals surface area contributed by atoms with Crippen LogP contribution in [0.25, 0.3) is 0 Å². The summed E-state index contributed by atoms with van der Waals surface area (Å²) in [6, 6.07) is 11.2. The zero-order chi connectivity index (χ0) is 18.0. The number of hydrogen-bond donors (Lipinski definition) is 0. The van der Waals surface area contributed by atoms with E-state index >= 15 is 0 Å². The molecule has 0 aliphatic carbocycles. The Morgan fingerprint density at radius 2 is 1.56 bits per heavy atom. The number of benzene rings is 2. The molecule has 0 saturated heterocycles. The van der Waals surface area contributed by atoms with Gasteiger partial charge in [0, 0.05) is 23.0 Å². The smallest absolute Gasteiger partial charge is 0.189 e. The highest BCUT2D eigenvalue weighted by molar-refractivity contribution is 7.91. The maximum Gasteiger partial charge on any atom is 0.189 e. The van der Waals surface area contributed by atoms with Crippen LogP contribution >= 0.6 is 11.6 Å². The summed E-state index contributed by atoms with van der Waals surface area (Å²) in [4.78, 5) is 3.81. The number of halogens is 3. The van der Waals surface area contributed by atoms with Crippen LogP contribution in [0.4, 0.5) is 8.78 Å². The van der Waals surface area contributed by atoms with Crippen molar-refractivity contribution in [3.8, 4) is 0 Å². The molecule has 0 radical (unpaired) electrons. The molecule has 0 bridgehead atoms. The van der Waals surface area contributed by atoms with Crippen molar-refractivity contribution in [1.82, 2.24) is 4.98 Å². The van der Waals surface area contributed by atoms with Crippen LogP contribution in [0.15, 0.2) is 71.9 Å². The van der Waals surface area contributed by atoms with Gasteiger partial charge in [0.2, 0.25) is 0 Å². The summed E-state index contributed by atoms with van der Waals surface area (Å²) in [5.74, 6) is -1.53. The molecule has 3 nitrogen and oxygen atoms in total. The second kappa shape index (κ2) is 6.90. The Labute approximate surface area is 148 Å². The summed E-state index contributed by atoms with van der Waals surface area (Å²) in [5, 5.41) is -1.04. The van der Waals surface area contributed by atoms with E-state index in [-0.39, 0.29) is 16.0 Å². The van der Waals surface area contributed by atoms with E-state index in [1.165, 1.54) is 48.8 Å². The molecule has 3 aromatic rings. The van der Waals surface area contributed by atoms with Crippen LogP contribution in [0.1, 0.15) is 16.4 Å². The third-order valence-corrected chi connectivity index (χ3v) is 6.03. The number of nitrogens with zero attached hydrogens (tertiary/aromatic N) is 1. The minimum Gasteiger partial charge on any atom is -0.265 e. The van der Waals surface area contributed by atoms with Crippen molar-refractivity contribution in [3.63, 3.8) is 0 Å². The first-order chi connectivity index (χ1) is 11.9. The highest BCUT2D eigenvalue weighted by atomic mass is 35.5. The minimum absolute atomic E-state index is 0.0395. The summed E-state index contributed by atoms with van der Waals surface area (Å²) in [6.45, 7) is 0. The first-order valence-electron chi connectivity index (χ1n) is 7.24. The molecule has 0 N–H and O–H groups in total. The molecule has 0 spiro atoms. The van der Waals surface area contributed by atoms with Gasteiger partial charge in [-0.1, -0.05) is 11.6 Å². The van der Waals surface area contributed by atoms with Crippen LogP contribution in [0.5, 0.6) is 0 Å². The van der Waals surface area contributed by atoms with Crippen LogP contribution in [-0.2, 0) is 9.84 Å². The van der Waals surface area contributed by atoms with Crippen LogP contribution in [-0.4, -0.2) is 13.4 Å². The molecular formula is C18H12ClF2NO2S. The van der Waals surface area contributed by atoms with Gasteiger partial charge in [-0.3, -0.25) is 4.98 Å². The van der Waals surface area contributed by atoms with E-state index in [0.29, 0.717) is 5.02 Å². The molecule has 0 saturated carbocycles. The van der Waals surface area contributed by atoms with Crippen molar-refractivity contribution in [3.05, 3.63) is 94.8 Å². The van der Waals surface area contributed by atoms with Gasteiger partial charge in [0.15, 0.2) is 9.84 Å². The lowest BCUT2D eigenvalue weighted by molar-refractivity contribution is 0.569. The van der Waals surface area contributed by atoms with Crippen LogP contribution in [0.3, 0.4) is 0 Å². The fourth-order valence-corrected chi connectivity index (χ4v) is 4.48. The Morgan fingerprint density at radius 3 is 2.20 bits per heavy atom. The zero-order valence-corrected chi connectivity index (χ0v) is 14.3. The average Bonchev–Trinajstić information content (AvgIpc) is 2.59. The van der Waals surface area contributed by atoms with Gasteiger partial charge in [0.25, 0.3) is 0 Å². The van der Waals surface area contributed by atoms with Gasteiger partial charge in [-0.25, -0.2) is 17.2 Å². The summed E-state index contributed by atoms with van der Waals surface area (Å²) >= 11 is 5.81. The van der Waals surface area contributed by atoms with Crippen molar-refractivity contribution in [2.45, 2.75) is 10.1 Å². The number of hydrogen-bond acceptors (Lipinski definition) is 3. The molecule has 0 fully saturated rings. The van der Waals surface area contributed by atoms with E-state index in [9.17, 15) is 17.2 Å². The topological polar surface area (TPSA) is 47.0 Å². The van der Waals surface area contributed by atoms with E-state index in [4.69, 9.17) is 11.6 Å². The molecule has 1 unspecified atom stereocenters. The molecule has 0 aliphatic heterocycles. The van der Waals surface area contributed by atoms with E-state index in [0.717, 1.165) is 18.2 Å². The highest BCUT2D eigenvalue weighted by Gasteiger charge is 2.33. The molecule has 7 heteroatoms. The van der Waals surface area contributed by atoms with E-state index in [1.807, 2.05) is 0 Å². The fraction of sp³-hybridized carbons (Fsp3) is 0.0556. The number of sulfone groups is 1. The van der Waals surface area contributed by atoms with Crippen molar-refractivity contribution >= 4 is 21.4 Å². The lowest BCUT2D eigenvalue weighted by atomic mass is 10.0. The van der Waals surface area contributed by atoms with Gasteiger partial charge in [0.05, 0.1) is 4.90 Å². The Balaban J connectivity index is 2.25. The second-order valence-electron chi connectivity index (χ2n) is 5.33. The molecule has 128 valence electrons. The zero-order valence-electron chi connectivity index (χ0n) is 12.7. The van der Waals surface area contributed by atoms with Gasteiger partial charge < -0.3 is 0 Å². The van der Waals surface area contributed by atoms with Gasteiger partial charge >= 0.3 is 0 Å². The molecule has 3 rings (SSSR count). The number of pyridine rings is 1. The van der Waals surface area contributed by atoms with E-state index in [1.54, 1.807) is 0 Å². The lowest BCUT2D eigenvalue weighted by Gasteiger charge is -2.19. The molecule has 25 heavy (non-hydrogen) atoms. The van der Waals surface area contributed by atoms with Gasteiger partial charge in [0.1, 0.15) is 16.9 Å². The first kappa shape index (κ1) is 17.5. The Morgan fingerprint density at radius 1 is 0.920 bits per heavy atom. The van der Waals surface area contributed by atoms with Crippen LogP contribution in [0.2, 0.25) is 5.02 Å².